The van der Waals surface area contributed by atoms with Gasteiger partial charge in [-0.05, 0) is 152 Å². The van der Waals surface area contributed by atoms with Crippen molar-refractivity contribution in [1.29, 1.82) is 0 Å². The number of anilines is 3. The monoisotopic (exact) mass is 1210 g/mol. The summed E-state index contributed by atoms with van der Waals surface area (Å²) in [7, 11) is 0. The van der Waals surface area contributed by atoms with Gasteiger partial charge in [-0.1, -0.05) is 177 Å². The number of para-hydroxylation sites is 2. The third-order valence-corrected chi connectivity index (χ3v) is 15.2. The van der Waals surface area contributed by atoms with Crippen LogP contribution < -0.4 is 14.5 Å². The van der Waals surface area contributed by atoms with Crippen LogP contribution in [-0.2, 0) is 50.3 Å². The first-order valence-electron chi connectivity index (χ1n) is 28.7. The Morgan fingerprint density at radius 1 is 0.564 bits per heavy atom. The molecule has 8 aromatic carbocycles. The van der Waals surface area contributed by atoms with E-state index in [4.69, 9.17) is 13.8 Å². The number of unbranched alkanes of at least 4 members (excludes halogenated alkanes) is 1. The van der Waals surface area contributed by atoms with Crippen LogP contribution in [-0.4, -0.2) is 16.1 Å². The molecule has 0 amide bonds. The second-order valence-corrected chi connectivity index (χ2v) is 23.9. The maximum atomic E-state index is 8.91. The average molecular weight is 1210 g/mol. The predicted octanol–water partition coefficient (Wildman–Crippen LogP) is 18.7. The number of nitrogens with zero attached hydrogens (tertiary/aromatic N) is 4. The summed E-state index contributed by atoms with van der Waals surface area (Å²) in [6, 6.07) is 69.3. The molecular formula is C72H71N4OPt-3. The van der Waals surface area contributed by atoms with Gasteiger partial charge in [0.2, 0.25) is 0 Å². The zero-order chi connectivity index (χ0) is 56.1. The molecule has 0 radical (unpaired) electrons. The molecule has 11 rings (SSSR count). The van der Waals surface area contributed by atoms with E-state index >= 15 is 0 Å². The first-order valence-corrected chi connectivity index (χ1v) is 27.2. The van der Waals surface area contributed by atoms with Gasteiger partial charge in [0.25, 0.3) is 0 Å². The van der Waals surface area contributed by atoms with Crippen LogP contribution in [0.25, 0.3) is 61.0 Å². The summed E-state index contributed by atoms with van der Waals surface area (Å²) in [6.45, 7) is 20.9. The molecule has 0 N–H and O–H groups in total. The number of pyridine rings is 1. The van der Waals surface area contributed by atoms with E-state index in [2.05, 4.69) is 247 Å². The third kappa shape index (κ3) is 11.2. The molecule has 0 saturated carbocycles. The molecule has 78 heavy (non-hydrogen) atoms. The van der Waals surface area contributed by atoms with Crippen LogP contribution in [0.1, 0.15) is 113 Å². The van der Waals surface area contributed by atoms with Gasteiger partial charge in [0, 0.05) is 54.0 Å². The summed E-state index contributed by atoms with van der Waals surface area (Å²) in [6.07, 6.45) is 4.19. The first kappa shape index (κ1) is 50.3. The maximum absolute atomic E-state index is 8.91. The van der Waals surface area contributed by atoms with Crippen molar-refractivity contribution in [3.63, 3.8) is 0 Å². The summed E-state index contributed by atoms with van der Waals surface area (Å²) in [5, 5.41) is 2.21. The van der Waals surface area contributed by atoms with Crippen molar-refractivity contribution < 1.29 is 29.9 Å². The molecule has 0 aliphatic carbocycles. The topological polar surface area (TPSA) is 33.5 Å². The van der Waals surface area contributed by atoms with Crippen molar-refractivity contribution in [3.8, 4) is 44.9 Å². The van der Waals surface area contributed by atoms with Crippen molar-refractivity contribution in [1.82, 2.24) is 9.55 Å². The van der Waals surface area contributed by atoms with Gasteiger partial charge in [-0.15, -0.1) is 28.8 Å². The second kappa shape index (κ2) is 21.9. The zero-order valence-electron chi connectivity index (χ0n) is 49.4. The van der Waals surface area contributed by atoms with Crippen LogP contribution in [0, 0.1) is 25.7 Å². The Morgan fingerprint density at radius 2 is 1.24 bits per heavy atom. The van der Waals surface area contributed by atoms with Gasteiger partial charge in [-0.25, -0.2) is 4.98 Å². The predicted molar refractivity (Wildman–Crippen MR) is 324 cm³/mol. The molecular weight excluding hydrogens is 1130 g/mol. The molecule has 0 spiro atoms. The molecule has 6 heteroatoms. The molecule has 398 valence electrons. The largest absolute Gasteiger partial charge is 0.517 e. The summed E-state index contributed by atoms with van der Waals surface area (Å²) < 4.78 is 35.6. The Hall–Kier alpha value is -7.20. The van der Waals surface area contributed by atoms with E-state index in [9.17, 15) is 0 Å². The van der Waals surface area contributed by atoms with Gasteiger partial charge in [0.1, 0.15) is 5.82 Å². The third-order valence-electron chi connectivity index (χ3n) is 15.2. The number of fused-ring (bicyclic) bond motifs is 4. The maximum Gasteiger partial charge on any atom is 0.135 e. The minimum atomic E-state index is -2.29. The fraction of sp³-hybridized carbons (Fsp3) is 0.250. The number of hydrogen-bond acceptors (Lipinski definition) is 4. The minimum absolute atomic E-state index is 0. The van der Waals surface area contributed by atoms with Crippen molar-refractivity contribution in [3.05, 3.63) is 234 Å². The fourth-order valence-corrected chi connectivity index (χ4v) is 10.7. The van der Waals surface area contributed by atoms with Crippen LogP contribution in [0.2, 0.25) is 0 Å². The van der Waals surface area contributed by atoms with Crippen LogP contribution in [0.3, 0.4) is 0 Å². The van der Waals surface area contributed by atoms with Crippen LogP contribution in [0.5, 0.6) is 5.75 Å². The number of aromatic nitrogens is 2. The summed E-state index contributed by atoms with van der Waals surface area (Å²) >= 11 is 0. The van der Waals surface area contributed by atoms with Crippen LogP contribution in [0.4, 0.5) is 17.1 Å². The Labute approximate surface area is 482 Å². The van der Waals surface area contributed by atoms with E-state index in [0.717, 1.165) is 109 Å². The number of ether oxygens (including phenoxy) is 1. The van der Waals surface area contributed by atoms with Gasteiger partial charge >= 0.3 is 0 Å². The zero-order valence-corrected chi connectivity index (χ0v) is 48.7. The van der Waals surface area contributed by atoms with Gasteiger partial charge in [0.15, 0.2) is 0 Å². The van der Waals surface area contributed by atoms with Gasteiger partial charge < -0.3 is 19.1 Å². The second-order valence-electron chi connectivity index (χ2n) is 23.9. The van der Waals surface area contributed by atoms with E-state index in [1.807, 2.05) is 30.5 Å². The van der Waals surface area contributed by atoms with Crippen LogP contribution in [0.15, 0.2) is 182 Å². The van der Waals surface area contributed by atoms with Crippen LogP contribution >= 0.6 is 0 Å². The van der Waals surface area contributed by atoms with Crippen molar-refractivity contribution in [2.24, 2.45) is 0 Å². The number of hydrogen-bond donors (Lipinski definition) is 0. The fourth-order valence-electron chi connectivity index (χ4n) is 10.7. The number of benzene rings is 8. The molecule has 0 bridgehead atoms. The standard InChI is InChI=1S/C72H71N4O.Pt/c1-49-38-57(71(5,6)7)44-63(55-40-54(52-25-15-12-16-26-52)41-58(42-55)72(8,9)10)61(49)28-19-20-37-74-48-75(67-30-18-17-29-66(67)74)59-27-21-22-50(39-59)47-77-60-32-33-62-64-43-53(51-23-13-11-14-24-51)31-34-65(64)76(68(62)46-60)69-45-56(35-36-73-69)70(2,3)4;/h11-18,21-27,29-36,38,40-45,48H,19-20,28,37,47H2,1-10H3;/q-3;/i1D3;. The molecule has 0 saturated heterocycles. The molecule has 1 aliphatic heterocycles. The molecule has 3 heterocycles. The molecule has 10 aromatic rings. The smallest absolute Gasteiger partial charge is 0.135 e. The molecule has 0 unspecified atom stereocenters. The van der Waals surface area contributed by atoms with Crippen molar-refractivity contribution in [2.45, 2.75) is 111 Å². The molecule has 0 atom stereocenters. The molecule has 1 aliphatic rings. The number of aryl methyl sites for hydroxylation is 1. The van der Waals surface area contributed by atoms with Crippen molar-refractivity contribution in [2.75, 3.05) is 16.3 Å². The quantitative estimate of drug-likeness (QED) is 0.0851. The Bertz CT molecular complexity index is 3880. The summed E-state index contributed by atoms with van der Waals surface area (Å²) in [5.41, 5.74) is 17.0. The van der Waals surface area contributed by atoms with Gasteiger partial charge in [-0.2, -0.15) is 37.0 Å². The van der Waals surface area contributed by atoms with Gasteiger partial charge in [-0.3, -0.25) is 0 Å². The van der Waals surface area contributed by atoms with E-state index in [1.165, 1.54) is 16.7 Å². The molecule has 0 fully saturated rings. The van der Waals surface area contributed by atoms with E-state index in [1.54, 1.807) is 0 Å². The minimum Gasteiger partial charge on any atom is -0.517 e. The van der Waals surface area contributed by atoms with Gasteiger partial charge in [0.05, 0.1) is 6.61 Å². The SMILES string of the molecule is [2H]C([2H])([2H])c1cc(C(C)(C)C)cc(-c2cc(-c3ccccc3)cc(C(C)(C)C)c2)c1CCCCN1[CH-]N(c2[c-]c(COc3[c-]c4c(cc3)c3cc(-c5ccccc5)ccc3n4-c3cc(C(C)(C)C)ccn3)ccc2)c2ccccc21.[Pt]. The normalized spacial score (nSPS) is 13.5. The van der Waals surface area contributed by atoms with E-state index < -0.39 is 6.85 Å². The van der Waals surface area contributed by atoms with E-state index in [-0.39, 0.29) is 37.3 Å². The summed E-state index contributed by atoms with van der Waals surface area (Å²) in [5.74, 6) is 1.48. The Balaban J connectivity index is 0.00000736. The average Bonchev–Trinajstić information content (AvgIpc) is 4.02. The first-order chi connectivity index (χ1) is 38.2. The molecule has 2 aromatic heterocycles. The molecule has 5 nitrogen and oxygen atoms in total. The van der Waals surface area contributed by atoms with Crippen molar-refractivity contribution >= 4 is 38.9 Å². The number of rotatable bonds is 13. The Morgan fingerprint density at radius 3 is 1.96 bits per heavy atom. The Kier molecular flexibility index (Phi) is 14.1. The van der Waals surface area contributed by atoms with E-state index in [0.29, 0.717) is 24.3 Å². The summed E-state index contributed by atoms with van der Waals surface area (Å²) in [4.78, 5) is 9.45.